The van der Waals surface area contributed by atoms with Crippen molar-refractivity contribution in [1.29, 1.82) is 0 Å². The molecule has 0 saturated heterocycles. The number of nitrogens with two attached hydrogens (primary N) is 1. The molecule has 0 aliphatic rings. The third-order valence-electron chi connectivity index (χ3n) is 3.36. The maximum absolute atomic E-state index is 11.4. The topological polar surface area (TPSA) is 85.9 Å². The van der Waals surface area contributed by atoms with Crippen molar-refractivity contribution in [2.45, 2.75) is 11.4 Å². The van der Waals surface area contributed by atoms with E-state index < -0.39 is 10.8 Å². The van der Waals surface area contributed by atoms with Gasteiger partial charge in [-0.2, -0.15) is 0 Å². The molecular formula is C17H21N3O3S. The molecule has 2 rings (SSSR count). The van der Waals surface area contributed by atoms with Crippen LogP contribution in [0.2, 0.25) is 0 Å². The lowest BCUT2D eigenvalue weighted by molar-refractivity contribution is 0.405. The highest BCUT2D eigenvalue weighted by Gasteiger charge is 2.06. The molecule has 6 nitrogen and oxygen atoms in total. The Bertz CT molecular complexity index is 745. The van der Waals surface area contributed by atoms with Gasteiger partial charge in [-0.1, -0.05) is 12.1 Å². The van der Waals surface area contributed by atoms with E-state index in [0.717, 1.165) is 10.5 Å². The molecule has 7 heteroatoms. The molecule has 0 bridgehead atoms. The summed E-state index contributed by atoms with van der Waals surface area (Å²) in [7, 11) is 2.19. The van der Waals surface area contributed by atoms with Gasteiger partial charge >= 0.3 is 0 Å². The number of hydrogen-bond donors (Lipinski definition) is 2. The van der Waals surface area contributed by atoms with Crippen LogP contribution in [0.5, 0.6) is 11.5 Å². The van der Waals surface area contributed by atoms with Crippen LogP contribution in [0.1, 0.15) is 5.56 Å². The molecule has 0 spiro atoms. The lowest BCUT2D eigenvalue weighted by Crippen LogP contribution is -2.23. The zero-order chi connectivity index (χ0) is 17.5. The number of hydrogen-bond acceptors (Lipinski definition) is 4. The first-order valence-corrected chi connectivity index (χ1v) is 8.80. The monoisotopic (exact) mass is 347 g/mol. The van der Waals surface area contributed by atoms with Gasteiger partial charge in [0.2, 0.25) is 0 Å². The summed E-state index contributed by atoms with van der Waals surface area (Å²) in [5.74, 6) is 1.60. The van der Waals surface area contributed by atoms with E-state index in [0.29, 0.717) is 23.7 Å². The standard InChI is InChI=1S/C17H21N3O3S/c1-22-13-6-9-16(23-2)15(10-13)20-17(18)19-11-12-4-7-14(8-5-12)24(3)21/h4-10H,11H2,1-3H3,(H3,18,19,20). The fourth-order valence-electron chi connectivity index (χ4n) is 2.05. The lowest BCUT2D eigenvalue weighted by Gasteiger charge is -2.12. The van der Waals surface area contributed by atoms with Crippen molar-refractivity contribution in [3.05, 3.63) is 48.0 Å². The third kappa shape index (κ3) is 4.73. The number of aliphatic imine (C=N–C) groups is 1. The van der Waals surface area contributed by atoms with E-state index in [2.05, 4.69) is 10.3 Å². The number of rotatable bonds is 6. The maximum Gasteiger partial charge on any atom is 0.193 e. The average molecular weight is 347 g/mol. The Hall–Kier alpha value is -2.54. The Labute approximate surface area is 144 Å². The van der Waals surface area contributed by atoms with Crippen LogP contribution in [0.3, 0.4) is 0 Å². The van der Waals surface area contributed by atoms with Gasteiger partial charge in [0, 0.05) is 28.0 Å². The van der Waals surface area contributed by atoms with E-state index in [4.69, 9.17) is 15.2 Å². The minimum absolute atomic E-state index is 0.268. The van der Waals surface area contributed by atoms with Gasteiger partial charge in [-0.05, 0) is 29.8 Å². The van der Waals surface area contributed by atoms with Gasteiger partial charge in [0.1, 0.15) is 11.5 Å². The molecule has 0 fully saturated rings. The van der Waals surface area contributed by atoms with Crippen molar-refractivity contribution in [3.63, 3.8) is 0 Å². The second kappa shape index (κ2) is 8.35. The third-order valence-corrected chi connectivity index (χ3v) is 4.29. The number of benzene rings is 2. The Balaban J connectivity index is 2.07. The van der Waals surface area contributed by atoms with E-state index in [-0.39, 0.29) is 5.96 Å². The summed E-state index contributed by atoms with van der Waals surface area (Å²) in [6.07, 6.45) is 1.65. The summed E-state index contributed by atoms with van der Waals surface area (Å²) in [5.41, 5.74) is 7.59. The van der Waals surface area contributed by atoms with Crippen LogP contribution in [-0.4, -0.2) is 30.6 Å². The van der Waals surface area contributed by atoms with Gasteiger partial charge in [0.25, 0.3) is 0 Å². The quantitative estimate of drug-likeness (QED) is 0.619. The summed E-state index contributed by atoms with van der Waals surface area (Å²) in [5, 5.41) is 3.01. The van der Waals surface area contributed by atoms with Gasteiger partial charge in [0.05, 0.1) is 26.5 Å². The highest BCUT2D eigenvalue weighted by atomic mass is 32.2. The first-order chi connectivity index (χ1) is 11.5. The predicted octanol–water partition coefficient (Wildman–Crippen LogP) is 2.37. The van der Waals surface area contributed by atoms with Gasteiger partial charge in [-0.3, -0.25) is 4.21 Å². The van der Waals surface area contributed by atoms with Crippen LogP contribution in [0.4, 0.5) is 5.69 Å². The molecule has 24 heavy (non-hydrogen) atoms. The van der Waals surface area contributed by atoms with Crippen LogP contribution in [0.15, 0.2) is 52.4 Å². The summed E-state index contributed by atoms with van der Waals surface area (Å²) in [6, 6.07) is 12.8. The van der Waals surface area contributed by atoms with Crippen LogP contribution in [0, 0.1) is 0 Å². The van der Waals surface area contributed by atoms with Crippen molar-refractivity contribution in [3.8, 4) is 11.5 Å². The summed E-state index contributed by atoms with van der Waals surface area (Å²) < 4.78 is 21.9. The smallest absolute Gasteiger partial charge is 0.193 e. The summed E-state index contributed by atoms with van der Waals surface area (Å²) >= 11 is 0. The number of guanidine groups is 1. The van der Waals surface area contributed by atoms with Crippen LogP contribution >= 0.6 is 0 Å². The lowest BCUT2D eigenvalue weighted by atomic mass is 10.2. The maximum atomic E-state index is 11.4. The highest BCUT2D eigenvalue weighted by Crippen LogP contribution is 2.28. The zero-order valence-corrected chi connectivity index (χ0v) is 14.7. The molecule has 0 aromatic heterocycles. The van der Waals surface area contributed by atoms with Crippen LogP contribution in [-0.2, 0) is 17.3 Å². The molecule has 1 unspecified atom stereocenters. The van der Waals surface area contributed by atoms with E-state index in [1.807, 2.05) is 24.3 Å². The van der Waals surface area contributed by atoms with Crippen molar-refractivity contribution < 1.29 is 13.7 Å². The number of methoxy groups -OCH3 is 2. The average Bonchev–Trinajstić information content (AvgIpc) is 2.60. The van der Waals surface area contributed by atoms with Gasteiger partial charge in [-0.15, -0.1) is 0 Å². The molecule has 3 N–H and O–H groups in total. The van der Waals surface area contributed by atoms with E-state index in [1.54, 1.807) is 38.7 Å². The van der Waals surface area contributed by atoms with E-state index >= 15 is 0 Å². The summed E-state index contributed by atoms with van der Waals surface area (Å²) in [4.78, 5) is 5.09. The fraction of sp³-hybridized carbons (Fsp3) is 0.235. The van der Waals surface area contributed by atoms with Crippen molar-refractivity contribution in [1.82, 2.24) is 0 Å². The van der Waals surface area contributed by atoms with Crippen molar-refractivity contribution >= 4 is 22.4 Å². The number of nitrogens with one attached hydrogen (secondary N) is 1. The fourth-order valence-corrected chi connectivity index (χ4v) is 2.57. The van der Waals surface area contributed by atoms with Gasteiger partial charge < -0.3 is 20.5 Å². The molecule has 2 aromatic rings. The molecule has 128 valence electrons. The largest absolute Gasteiger partial charge is 0.497 e. The zero-order valence-electron chi connectivity index (χ0n) is 13.9. The van der Waals surface area contributed by atoms with Gasteiger partial charge in [-0.25, -0.2) is 4.99 Å². The minimum Gasteiger partial charge on any atom is -0.497 e. The van der Waals surface area contributed by atoms with Crippen LogP contribution < -0.4 is 20.5 Å². The number of anilines is 1. The molecule has 0 aliphatic carbocycles. The SMILES string of the molecule is COc1ccc(OC)c(NC(N)=NCc2ccc(S(C)=O)cc2)c1. The molecular weight excluding hydrogens is 326 g/mol. The van der Waals surface area contributed by atoms with E-state index in [9.17, 15) is 4.21 Å². The van der Waals surface area contributed by atoms with Gasteiger partial charge in [0.15, 0.2) is 5.96 Å². The molecule has 0 aliphatic heterocycles. The van der Waals surface area contributed by atoms with E-state index in [1.165, 1.54) is 0 Å². The Morgan fingerprint density at radius 3 is 2.46 bits per heavy atom. The molecule has 1 atom stereocenters. The number of ether oxygens (including phenoxy) is 2. The molecule has 2 aromatic carbocycles. The summed E-state index contributed by atoms with van der Waals surface area (Å²) in [6.45, 7) is 0.418. The normalized spacial score (nSPS) is 12.5. The van der Waals surface area contributed by atoms with Crippen LogP contribution in [0.25, 0.3) is 0 Å². The first kappa shape index (κ1) is 17.8. The van der Waals surface area contributed by atoms with Crippen molar-refractivity contribution in [2.24, 2.45) is 10.7 Å². The molecule has 0 radical (unpaired) electrons. The Morgan fingerprint density at radius 1 is 1.17 bits per heavy atom. The molecule has 0 amide bonds. The first-order valence-electron chi connectivity index (χ1n) is 7.25. The molecule has 0 saturated carbocycles. The predicted molar refractivity (Wildman–Crippen MR) is 97.3 cm³/mol. The second-order valence-electron chi connectivity index (χ2n) is 4.99. The molecule has 0 heterocycles. The highest BCUT2D eigenvalue weighted by molar-refractivity contribution is 7.84. The number of nitrogens with zero attached hydrogens (tertiary/aromatic N) is 1. The minimum atomic E-state index is -0.982. The Kier molecular flexibility index (Phi) is 6.20. The Morgan fingerprint density at radius 2 is 1.88 bits per heavy atom. The van der Waals surface area contributed by atoms with Crippen molar-refractivity contribution in [2.75, 3.05) is 25.8 Å². The second-order valence-corrected chi connectivity index (χ2v) is 6.37.